The van der Waals surface area contributed by atoms with Gasteiger partial charge in [0.2, 0.25) is 0 Å². The number of pyridine rings is 3. The summed E-state index contributed by atoms with van der Waals surface area (Å²) in [5.41, 5.74) is 3.07. The zero-order valence-electron chi connectivity index (χ0n) is 25.9. The highest BCUT2D eigenvalue weighted by Gasteiger charge is 2.07. The molecule has 238 valence electrons. The fourth-order valence-electron chi connectivity index (χ4n) is 4.15. The van der Waals surface area contributed by atoms with Crippen molar-refractivity contribution in [3.8, 4) is 34.3 Å². The largest absolute Gasteiger partial charge is 0.492 e. The number of hydrogen-bond donors (Lipinski definition) is 0. The average Bonchev–Trinajstić information content (AvgIpc) is 3.07. The van der Waals surface area contributed by atoms with E-state index in [1.165, 1.54) is 19.3 Å². The minimum Gasteiger partial charge on any atom is -0.492 e. The summed E-state index contributed by atoms with van der Waals surface area (Å²) < 4.78 is 33.3. The molecule has 0 aliphatic rings. The molecule has 0 fully saturated rings. The van der Waals surface area contributed by atoms with Gasteiger partial charge in [0, 0.05) is 6.61 Å². The smallest absolute Gasteiger partial charge is 0.137 e. The van der Waals surface area contributed by atoms with Crippen LogP contribution in [0.15, 0.2) is 80.2 Å². The molecule has 3 rings (SSSR count). The first-order chi connectivity index (χ1) is 21.8. The van der Waals surface area contributed by atoms with E-state index in [0.717, 1.165) is 54.4 Å². The third-order valence-corrected chi connectivity index (χ3v) is 6.41. The van der Waals surface area contributed by atoms with Gasteiger partial charge in [-0.05, 0) is 49.2 Å². The maximum Gasteiger partial charge on any atom is 0.137 e. The Labute approximate surface area is 262 Å². The van der Waals surface area contributed by atoms with Crippen molar-refractivity contribution in [2.75, 3.05) is 66.1 Å². The van der Waals surface area contributed by atoms with Crippen molar-refractivity contribution in [1.29, 1.82) is 0 Å². The number of aromatic nitrogens is 3. The van der Waals surface area contributed by atoms with E-state index in [-0.39, 0.29) is 0 Å². The Balaban J connectivity index is 1.31. The molecule has 0 amide bonds. The summed E-state index contributed by atoms with van der Waals surface area (Å²) in [6.07, 6.45) is 13.9. The van der Waals surface area contributed by atoms with Crippen LogP contribution in [0.2, 0.25) is 0 Å². The Bertz CT molecular complexity index is 1090. The van der Waals surface area contributed by atoms with Gasteiger partial charge < -0.3 is 28.4 Å². The lowest BCUT2D eigenvalue weighted by Gasteiger charge is -2.09. The molecule has 0 atom stereocenters. The normalized spacial score (nSPS) is 10.9. The maximum atomic E-state index is 5.89. The average molecular weight is 606 g/mol. The lowest BCUT2D eigenvalue weighted by molar-refractivity contribution is 0.0135. The number of hydrogen-bond acceptors (Lipinski definition) is 9. The zero-order valence-corrected chi connectivity index (χ0v) is 25.9. The minimum absolute atomic E-state index is 0.426. The van der Waals surface area contributed by atoms with Crippen molar-refractivity contribution in [3.63, 3.8) is 0 Å². The van der Waals surface area contributed by atoms with Crippen LogP contribution < -0.4 is 9.47 Å². The number of unbranched alkanes of at least 4 members (excludes halogenated alkanes) is 5. The van der Waals surface area contributed by atoms with Crippen LogP contribution in [0.4, 0.5) is 0 Å². The molecule has 3 aromatic heterocycles. The Morgan fingerprint density at radius 1 is 0.477 bits per heavy atom. The van der Waals surface area contributed by atoms with E-state index < -0.39 is 0 Å². The highest BCUT2D eigenvalue weighted by Crippen LogP contribution is 2.23. The number of rotatable bonds is 26. The third kappa shape index (κ3) is 14.7. The Kier molecular flexibility index (Phi) is 18.1. The molecule has 0 aliphatic carbocycles. The molecule has 0 unspecified atom stereocenters. The molecular weight excluding hydrogens is 558 g/mol. The quantitative estimate of drug-likeness (QED) is 0.0728. The van der Waals surface area contributed by atoms with E-state index >= 15 is 0 Å². The topological polar surface area (TPSA) is 94.1 Å². The fourth-order valence-corrected chi connectivity index (χ4v) is 4.15. The molecule has 0 aliphatic heterocycles. The van der Waals surface area contributed by atoms with Crippen LogP contribution in [0.1, 0.15) is 38.5 Å². The Hall–Kier alpha value is -3.63. The second-order valence-corrected chi connectivity index (χ2v) is 9.94. The third-order valence-electron chi connectivity index (χ3n) is 6.41. The van der Waals surface area contributed by atoms with Crippen LogP contribution >= 0.6 is 0 Å². The van der Waals surface area contributed by atoms with Gasteiger partial charge in [0.1, 0.15) is 18.1 Å². The summed E-state index contributed by atoms with van der Waals surface area (Å²) >= 11 is 0. The first-order valence-corrected chi connectivity index (χ1v) is 15.5. The van der Waals surface area contributed by atoms with Gasteiger partial charge >= 0.3 is 0 Å². The molecule has 3 aromatic rings. The second-order valence-electron chi connectivity index (χ2n) is 9.94. The van der Waals surface area contributed by atoms with Crippen molar-refractivity contribution in [2.45, 2.75) is 38.5 Å². The van der Waals surface area contributed by atoms with Gasteiger partial charge in [-0.3, -0.25) is 9.97 Å². The van der Waals surface area contributed by atoms with Crippen LogP contribution in [0.25, 0.3) is 22.8 Å². The molecule has 0 spiro atoms. The maximum absolute atomic E-state index is 5.89. The first kappa shape index (κ1) is 34.9. The highest BCUT2D eigenvalue weighted by atomic mass is 16.6. The Morgan fingerprint density at radius 3 is 1.50 bits per heavy atom. The summed E-state index contributed by atoms with van der Waals surface area (Å²) in [5.74, 6) is 1.44. The molecule has 0 saturated carbocycles. The van der Waals surface area contributed by atoms with Crippen LogP contribution in [-0.2, 0) is 18.9 Å². The molecular formula is C35H47N3O6. The van der Waals surface area contributed by atoms with Crippen molar-refractivity contribution < 1.29 is 28.4 Å². The summed E-state index contributed by atoms with van der Waals surface area (Å²) in [7, 11) is 0. The van der Waals surface area contributed by atoms with E-state index in [1.54, 1.807) is 24.5 Å². The summed E-state index contributed by atoms with van der Waals surface area (Å²) in [6.45, 7) is 12.9. The second kappa shape index (κ2) is 22.8. The van der Waals surface area contributed by atoms with Crippen molar-refractivity contribution in [3.05, 3.63) is 80.2 Å². The van der Waals surface area contributed by atoms with E-state index in [1.807, 2.05) is 42.5 Å². The van der Waals surface area contributed by atoms with E-state index in [9.17, 15) is 0 Å². The predicted molar refractivity (Wildman–Crippen MR) is 173 cm³/mol. The molecule has 3 heterocycles. The van der Waals surface area contributed by atoms with E-state index in [0.29, 0.717) is 65.2 Å². The molecule has 0 aromatic carbocycles. The van der Waals surface area contributed by atoms with Crippen molar-refractivity contribution in [2.24, 2.45) is 0 Å². The van der Waals surface area contributed by atoms with Gasteiger partial charge in [-0.15, -0.1) is 13.2 Å². The zero-order chi connectivity index (χ0) is 30.9. The van der Waals surface area contributed by atoms with Gasteiger partial charge in [-0.25, -0.2) is 4.98 Å². The summed E-state index contributed by atoms with van der Waals surface area (Å²) in [4.78, 5) is 13.9. The van der Waals surface area contributed by atoms with Gasteiger partial charge in [0.25, 0.3) is 0 Å². The van der Waals surface area contributed by atoms with Crippen LogP contribution in [-0.4, -0.2) is 81.0 Å². The van der Waals surface area contributed by atoms with Crippen molar-refractivity contribution in [1.82, 2.24) is 15.0 Å². The van der Waals surface area contributed by atoms with Gasteiger partial charge in [0.15, 0.2) is 0 Å². The summed E-state index contributed by atoms with van der Waals surface area (Å²) in [5, 5.41) is 0. The van der Waals surface area contributed by atoms with Gasteiger partial charge in [-0.2, -0.15) is 0 Å². The lowest BCUT2D eigenvalue weighted by Crippen LogP contribution is -2.12. The molecule has 44 heavy (non-hydrogen) atoms. The molecule has 0 radical (unpaired) electrons. The fraction of sp³-hybridized carbons (Fsp3) is 0.457. The van der Waals surface area contributed by atoms with Crippen LogP contribution in [0.3, 0.4) is 0 Å². The first-order valence-electron chi connectivity index (χ1n) is 15.5. The Morgan fingerprint density at radius 2 is 0.955 bits per heavy atom. The molecule has 0 N–H and O–H groups in total. The molecule has 9 heteroatoms. The van der Waals surface area contributed by atoms with Crippen LogP contribution in [0, 0.1) is 0 Å². The van der Waals surface area contributed by atoms with Crippen molar-refractivity contribution >= 4 is 0 Å². The molecule has 9 nitrogen and oxygen atoms in total. The molecule has 0 bridgehead atoms. The van der Waals surface area contributed by atoms with Crippen LogP contribution in [0.5, 0.6) is 11.5 Å². The lowest BCUT2D eigenvalue weighted by atomic mass is 10.1. The predicted octanol–water partition coefficient (Wildman–Crippen LogP) is 6.74. The summed E-state index contributed by atoms with van der Waals surface area (Å²) in [6, 6.07) is 13.5. The van der Waals surface area contributed by atoms with E-state index in [2.05, 4.69) is 23.1 Å². The van der Waals surface area contributed by atoms with Gasteiger partial charge in [-0.1, -0.05) is 43.9 Å². The minimum atomic E-state index is 0.426. The number of ether oxygens (including phenoxy) is 6. The SMILES string of the molecule is C=CCOCCCCCCCCOc1ccc(-c2cccc(-c3ccc(OCCOCCOCCOCC=C)cn3)n2)nc1. The molecule has 0 saturated heterocycles. The number of nitrogens with zero attached hydrogens (tertiary/aromatic N) is 3. The standard InChI is InChI=1S/C35H47N3O6/c1-3-18-39-20-9-7-5-6-8-10-21-43-30-14-16-32(36-28-30)34-12-11-13-35(38-34)33-17-15-31(29-37-33)44-27-26-42-25-24-41-23-22-40-19-4-2/h3-4,11-17,28-29H,1-2,5-10,18-27H2. The van der Waals surface area contributed by atoms with Gasteiger partial charge in [0.05, 0.1) is 88.0 Å². The monoisotopic (exact) mass is 605 g/mol. The van der Waals surface area contributed by atoms with E-state index in [4.69, 9.17) is 33.4 Å². The highest BCUT2D eigenvalue weighted by molar-refractivity contribution is 5.62.